The molecule has 3 nitrogen and oxygen atoms in total. The van der Waals surface area contributed by atoms with Crippen LogP contribution in [0.3, 0.4) is 0 Å². The van der Waals surface area contributed by atoms with E-state index < -0.39 is 0 Å². The molecule has 0 aromatic heterocycles. The number of hydrogen-bond donors (Lipinski definition) is 2. The van der Waals surface area contributed by atoms with Crippen molar-refractivity contribution >= 4 is 17.6 Å². The van der Waals surface area contributed by atoms with Gasteiger partial charge in [0.2, 0.25) is 0 Å². The molecule has 17 heavy (non-hydrogen) atoms. The smallest absolute Gasteiger partial charge is 0.315 e. The number of carbonyl (C=O) groups is 1. The van der Waals surface area contributed by atoms with Crippen molar-refractivity contribution in [2.75, 3.05) is 12.4 Å². The summed E-state index contributed by atoms with van der Waals surface area (Å²) in [6.07, 6.45) is 0. The van der Waals surface area contributed by atoms with E-state index in [1.807, 2.05) is 30.3 Å². The van der Waals surface area contributed by atoms with Crippen molar-refractivity contribution in [3.8, 4) is 0 Å². The van der Waals surface area contributed by atoms with Crippen LogP contribution in [0.1, 0.15) is 25.5 Å². The van der Waals surface area contributed by atoms with Crippen molar-refractivity contribution in [3.05, 3.63) is 35.9 Å². The van der Waals surface area contributed by atoms with Crippen LogP contribution in [0.15, 0.2) is 30.3 Å². The van der Waals surface area contributed by atoms with Crippen molar-refractivity contribution in [3.63, 3.8) is 0 Å². The summed E-state index contributed by atoms with van der Waals surface area (Å²) < 4.78 is 0. The molecule has 0 unspecified atom stereocenters. The lowest BCUT2D eigenvalue weighted by atomic mass is 9.96. The molecule has 2 amide bonds. The molecule has 0 fully saturated rings. The first-order chi connectivity index (χ1) is 8.15. The second kappa shape index (κ2) is 7.17. The molecule has 0 bridgehead atoms. The number of amides is 2. The maximum Gasteiger partial charge on any atom is 0.315 e. The summed E-state index contributed by atoms with van der Waals surface area (Å²) in [6.45, 7) is 4.64. The Morgan fingerprint density at radius 3 is 2.47 bits per heavy atom. The third-order valence-electron chi connectivity index (χ3n) is 2.49. The zero-order valence-electron chi connectivity index (χ0n) is 10.2. The molecule has 0 aliphatic rings. The van der Waals surface area contributed by atoms with E-state index in [1.54, 1.807) is 0 Å². The normalized spacial score (nSPS) is 12.2. The quantitative estimate of drug-likeness (QED) is 0.780. The van der Waals surface area contributed by atoms with Gasteiger partial charge in [-0.05, 0) is 11.5 Å². The van der Waals surface area contributed by atoms with Gasteiger partial charge in [-0.15, -0.1) is 11.6 Å². The maximum absolute atomic E-state index is 11.6. The first kappa shape index (κ1) is 13.8. The van der Waals surface area contributed by atoms with Gasteiger partial charge in [-0.3, -0.25) is 0 Å². The van der Waals surface area contributed by atoms with Gasteiger partial charge >= 0.3 is 6.03 Å². The summed E-state index contributed by atoms with van der Waals surface area (Å²) in [5.41, 5.74) is 1.11. The minimum atomic E-state index is -0.173. The second-order valence-electron chi connectivity index (χ2n) is 4.22. The molecule has 1 aromatic carbocycles. The molecule has 94 valence electrons. The van der Waals surface area contributed by atoms with Gasteiger partial charge in [-0.25, -0.2) is 4.79 Å². The lowest BCUT2D eigenvalue weighted by Gasteiger charge is -2.23. The van der Waals surface area contributed by atoms with Crippen molar-refractivity contribution in [1.29, 1.82) is 0 Å². The summed E-state index contributed by atoms with van der Waals surface area (Å²) in [6, 6.07) is 9.80. The standard InChI is InChI=1S/C13H19ClN2O/c1-10(2)12(11-6-4-3-5-7-11)16-13(17)15-9-8-14/h3-7,10,12H,8-9H2,1-2H3,(H2,15,16,17)/t12-/m0/s1. The zero-order valence-corrected chi connectivity index (χ0v) is 11.0. The van der Waals surface area contributed by atoms with Crippen LogP contribution in [0.4, 0.5) is 4.79 Å². The third kappa shape index (κ3) is 4.65. The lowest BCUT2D eigenvalue weighted by molar-refractivity contribution is 0.233. The fourth-order valence-electron chi connectivity index (χ4n) is 1.65. The summed E-state index contributed by atoms with van der Waals surface area (Å²) in [5, 5.41) is 5.66. The van der Waals surface area contributed by atoms with Crippen molar-refractivity contribution < 1.29 is 4.79 Å². The molecule has 2 N–H and O–H groups in total. The van der Waals surface area contributed by atoms with E-state index in [9.17, 15) is 4.79 Å². The van der Waals surface area contributed by atoms with Crippen LogP contribution < -0.4 is 10.6 Å². The van der Waals surface area contributed by atoms with Gasteiger partial charge in [0.1, 0.15) is 0 Å². The molecule has 0 heterocycles. The van der Waals surface area contributed by atoms with Gasteiger partial charge in [0.15, 0.2) is 0 Å². The third-order valence-corrected chi connectivity index (χ3v) is 2.68. The number of hydrogen-bond acceptors (Lipinski definition) is 1. The van der Waals surface area contributed by atoms with E-state index in [1.165, 1.54) is 0 Å². The molecule has 4 heteroatoms. The van der Waals surface area contributed by atoms with Crippen molar-refractivity contribution in [1.82, 2.24) is 10.6 Å². The molecule has 1 atom stereocenters. The molecule has 0 aliphatic heterocycles. The van der Waals surface area contributed by atoms with E-state index in [-0.39, 0.29) is 12.1 Å². The van der Waals surface area contributed by atoms with Crippen LogP contribution in [0, 0.1) is 5.92 Å². The van der Waals surface area contributed by atoms with Gasteiger partial charge in [0, 0.05) is 12.4 Å². The molecule has 0 radical (unpaired) electrons. The highest BCUT2D eigenvalue weighted by Crippen LogP contribution is 2.20. The molecule has 1 rings (SSSR count). The molecule has 0 saturated carbocycles. The van der Waals surface area contributed by atoms with Gasteiger partial charge < -0.3 is 10.6 Å². The van der Waals surface area contributed by atoms with Crippen LogP contribution >= 0.6 is 11.6 Å². The van der Waals surface area contributed by atoms with Gasteiger partial charge in [-0.2, -0.15) is 0 Å². The van der Waals surface area contributed by atoms with Gasteiger partial charge in [-0.1, -0.05) is 44.2 Å². The van der Waals surface area contributed by atoms with E-state index in [0.717, 1.165) is 5.56 Å². The highest BCUT2D eigenvalue weighted by atomic mass is 35.5. The Hall–Kier alpha value is -1.22. The minimum Gasteiger partial charge on any atom is -0.337 e. The predicted octanol–water partition coefficient (Wildman–Crippen LogP) is 2.92. The molecule has 0 saturated heterocycles. The zero-order chi connectivity index (χ0) is 12.7. The molecule has 0 aliphatic carbocycles. The second-order valence-corrected chi connectivity index (χ2v) is 4.60. The van der Waals surface area contributed by atoms with E-state index in [0.29, 0.717) is 18.3 Å². The van der Waals surface area contributed by atoms with Crippen LogP contribution in [0.5, 0.6) is 0 Å². The number of nitrogens with one attached hydrogen (secondary N) is 2. The fraction of sp³-hybridized carbons (Fsp3) is 0.462. The summed E-state index contributed by atoms with van der Waals surface area (Å²) in [7, 11) is 0. The van der Waals surface area contributed by atoms with Gasteiger partial charge in [0.05, 0.1) is 6.04 Å². The SMILES string of the molecule is CC(C)[C@H](NC(=O)NCCCl)c1ccccc1. The number of rotatable bonds is 5. The first-order valence-electron chi connectivity index (χ1n) is 5.80. The average Bonchev–Trinajstić information content (AvgIpc) is 2.34. The minimum absolute atomic E-state index is 0.0199. The van der Waals surface area contributed by atoms with Crippen molar-refractivity contribution in [2.45, 2.75) is 19.9 Å². The summed E-state index contributed by atoms with van der Waals surface area (Å²) >= 11 is 5.52. The largest absolute Gasteiger partial charge is 0.337 e. The molecular formula is C13H19ClN2O. The highest BCUT2D eigenvalue weighted by molar-refractivity contribution is 6.18. The Morgan fingerprint density at radius 1 is 1.29 bits per heavy atom. The van der Waals surface area contributed by atoms with Gasteiger partial charge in [0.25, 0.3) is 0 Å². The Labute approximate surface area is 108 Å². The lowest BCUT2D eigenvalue weighted by Crippen LogP contribution is -2.40. The van der Waals surface area contributed by atoms with Crippen LogP contribution in [0.2, 0.25) is 0 Å². The Morgan fingerprint density at radius 2 is 1.94 bits per heavy atom. The summed E-state index contributed by atoms with van der Waals surface area (Å²) in [5.74, 6) is 0.754. The first-order valence-corrected chi connectivity index (χ1v) is 6.34. The molecule has 1 aromatic rings. The topological polar surface area (TPSA) is 41.1 Å². The Bertz CT molecular complexity index is 341. The number of alkyl halides is 1. The summed E-state index contributed by atoms with van der Waals surface area (Å²) in [4.78, 5) is 11.6. The number of halogens is 1. The van der Waals surface area contributed by atoms with E-state index in [4.69, 9.17) is 11.6 Å². The highest BCUT2D eigenvalue weighted by Gasteiger charge is 2.17. The van der Waals surface area contributed by atoms with Crippen LogP contribution in [-0.2, 0) is 0 Å². The number of urea groups is 1. The molecular weight excluding hydrogens is 236 g/mol. The average molecular weight is 255 g/mol. The van der Waals surface area contributed by atoms with Crippen LogP contribution in [-0.4, -0.2) is 18.5 Å². The Balaban J connectivity index is 2.65. The fourth-order valence-corrected chi connectivity index (χ4v) is 1.74. The maximum atomic E-state index is 11.6. The van der Waals surface area contributed by atoms with E-state index in [2.05, 4.69) is 24.5 Å². The number of carbonyl (C=O) groups excluding carboxylic acids is 1. The van der Waals surface area contributed by atoms with Crippen LogP contribution in [0.25, 0.3) is 0 Å². The van der Waals surface area contributed by atoms with Crippen molar-refractivity contribution in [2.24, 2.45) is 5.92 Å². The Kier molecular flexibility index (Phi) is 5.84. The molecule has 0 spiro atoms. The monoisotopic (exact) mass is 254 g/mol. The van der Waals surface area contributed by atoms with E-state index >= 15 is 0 Å². The predicted molar refractivity (Wildman–Crippen MR) is 71.3 cm³/mol. The number of benzene rings is 1.